The molecule has 0 aliphatic rings. The van der Waals surface area contributed by atoms with E-state index in [1.165, 1.54) is 29.4 Å². The number of carbonyl (C=O) groups is 1. The summed E-state index contributed by atoms with van der Waals surface area (Å²) in [6.07, 6.45) is 1.84. The van der Waals surface area contributed by atoms with Gasteiger partial charge in [0, 0.05) is 0 Å². The van der Waals surface area contributed by atoms with Crippen molar-refractivity contribution in [2.75, 3.05) is 12.4 Å². The van der Waals surface area contributed by atoms with Gasteiger partial charge in [-0.2, -0.15) is 0 Å². The molecule has 4 rings (SSSR count). The third kappa shape index (κ3) is 5.64. The maximum atomic E-state index is 12.2. The molecule has 160 valence electrons. The van der Waals surface area contributed by atoms with E-state index >= 15 is 0 Å². The molecule has 0 heterocycles. The molecule has 32 heavy (non-hydrogen) atoms. The van der Waals surface area contributed by atoms with Crippen LogP contribution < -0.4 is 5.32 Å². The molecule has 0 aliphatic heterocycles. The summed E-state index contributed by atoms with van der Waals surface area (Å²) in [4.78, 5) is 12.2. The molecule has 0 unspecified atom stereocenters. The van der Waals surface area contributed by atoms with Crippen molar-refractivity contribution in [1.29, 1.82) is 0 Å². The number of rotatable bonds is 7. The lowest BCUT2D eigenvalue weighted by atomic mass is 9.92. The monoisotopic (exact) mass is 421 g/mol. The van der Waals surface area contributed by atoms with Crippen LogP contribution in [0.2, 0.25) is 0 Å². The normalized spacial score (nSPS) is 10.5. The number of nitrogens with one attached hydrogen (secondary N) is 1. The Morgan fingerprint density at radius 2 is 1.03 bits per heavy atom. The highest BCUT2D eigenvalue weighted by Gasteiger charge is 2.15. The fraction of sp³-hybridized carbons (Fsp3) is 0.138. The first kappa shape index (κ1) is 21.4. The third-order valence-corrected chi connectivity index (χ3v) is 5.50. The fourth-order valence-electron chi connectivity index (χ4n) is 4.00. The molecular weight excluding hydrogens is 394 g/mol. The molecule has 3 heteroatoms. The number of hydrogen-bond donors (Lipinski definition) is 1. The van der Waals surface area contributed by atoms with Crippen LogP contribution in [0.4, 0.5) is 10.5 Å². The van der Waals surface area contributed by atoms with Gasteiger partial charge in [-0.3, -0.25) is 5.32 Å². The minimum Gasteiger partial charge on any atom is -0.453 e. The van der Waals surface area contributed by atoms with E-state index in [1.54, 1.807) is 0 Å². The lowest BCUT2D eigenvalue weighted by molar-refractivity contribution is 0.187. The molecule has 0 aromatic heterocycles. The quantitative estimate of drug-likeness (QED) is 0.363. The molecule has 0 aliphatic carbocycles. The molecule has 0 spiro atoms. The number of carbonyl (C=O) groups excluding carboxylic acids is 1. The maximum absolute atomic E-state index is 12.2. The summed E-state index contributed by atoms with van der Waals surface area (Å²) in [6.45, 7) is 0. The van der Waals surface area contributed by atoms with Gasteiger partial charge >= 0.3 is 6.09 Å². The Balaban J connectivity index is 1.79. The van der Waals surface area contributed by atoms with Crippen molar-refractivity contribution in [3.05, 3.63) is 137 Å². The van der Waals surface area contributed by atoms with E-state index in [0.29, 0.717) is 0 Å². The molecule has 0 saturated heterocycles. The van der Waals surface area contributed by atoms with Crippen LogP contribution in [0.5, 0.6) is 0 Å². The van der Waals surface area contributed by atoms with Gasteiger partial charge in [0.05, 0.1) is 12.8 Å². The molecule has 4 aromatic rings. The van der Waals surface area contributed by atoms with Gasteiger partial charge in [0.1, 0.15) is 0 Å². The van der Waals surface area contributed by atoms with E-state index in [4.69, 9.17) is 4.74 Å². The Hall–Kier alpha value is -3.85. The molecule has 3 nitrogen and oxygen atoms in total. The number of anilines is 1. The SMILES string of the molecule is COC(=O)Nc1c(Cc2ccccc2)cc(Cc2ccccc2)cc1Cc1ccccc1. The molecule has 4 aromatic carbocycles. The highest BCUT2D eigenvalue weighted by atomic mass is 16.5. The Morgan fingerprint density at radius 1 is 0.625 bits per heavy atom. The van der Waals surface area contributed by atoms with E-state index in [0.717, 1.165) is 36.1 Å². The summed E-state index contributed by atoms with van der Waals surface area (Å²) in [5, 5.41) is 3.00. The molecule has 0 radical (unpaired) electrons. The second kappa shape index (κ2) is 10.5. The van der Waals surface area contributed by atoms with Crippen molar-refractivity contribution in [3.63, 3.8) is 0 Å². The van der Waals surface area contributed by atoms with E-state index in [2.05, 4.69) is 66.0 Å². The van der Waals surface area contributed by atoms with Gasteiger partial charge in [0.25, 0.3) is 0 Å². The molecule has 0 saturated carbocycles. The largest absolute Gasteiger partial charge is 0.453 e. The zero-order valence-corrected chi connectivity index (χ0v) is 18.3. The van der Waals surface area contributed by atoms with Gasteiger partial charge in [-0.25, -0.2) is 4.79 Å². The van der Waals surface area contributed by atoms with Gasteiger partial charge in [0.15, 0.2) is 0 Å². The van der Waals surface area contributed by atoms with Gasteiger partial charge in [0.2, 0.25) is 0 Å². The molecule has 1 amide bonds. The first-order valence-electron chi connectivity index (χ1n) is 10.8. The Bertz CT molecular complexity index is 1090. The summed E-state index contributed by atoms with van der Waals surface area (Å²) in [7, 11) is 1.40. The summed E-state index contributed by atoms with van der Waals surface area (Å²) in [5.41, 5.74) is 7.88. The summed E-state index contributed by atoms with van der Waals surface area (Å²) in [6, 6.07) is 35.5. The minimum absolute atomic E-state index is 0.454. The van der Waals surface area contributed by atoms with Crippen molar-refractivity contribution in [1.82, 2.24) is 0 Å². The van der Waals surface area contributed by atoms with E-state index < -0.39 is 6.09 Å². The van der Waals surface area contributed by atoms with Crippen LogP contribution >= 0.6 is 0 Å². The van der Waals surface area contributed by atoms with Gasteiger partial charge in [-0.15, -0.1) is 0 Å². The average molecular weight is 422 g/mol. The van der Waals surface area contributed by atoms with E-state index in [1.807, 2.05) is 42.5 Å². The minimum atomic E-state index is -0.454. The molecular formula is C29H27NO2. The second-order valence-electron chi connectivity index (χ2n) is 7.89. The molecule has 0 bridgehead atoms. The number of hydrogen-bond acceptors (Lipinski definition) is 2. The van der Waals surface area contributed by atoms with Crippen molar-refractivity contribution in [2.45, 2.75) is 19.3 Å². The number of benzene rings is 4. The van der Waals surface area contributed by atoms with Crippen LogP contribution in [0, 0.1) is 0 Å². The lowest BCUT2D eigenvalue weighted by Crippen LogP contribution is -2.15. The third-order valence-electron chi connectivity index (χ3n) is 5.50. The summed E-state index contributed by atoms with van der Waals surface area (Å²) >= 11 is 0. The van der Waals surface area contributed by atoms with Gasteiger partial charge < -0.3 is 4.74 Å². The van der Waals surface area contributed by atoms with Crippen molar-refractivity contribution < 1.29 is 9.53 Å². The van der Waals surface area contributed by atoms with E-state index in [9.17, 15) is 4.79 Å². The average Bonchev–Trinajstić information content (AvgIpc) is 2.83. The maximum Gasteiger partial charge on any atom is 0.411 e. The smallest absolute Gasteiger partial charge is 0.411 e. The topological polar surface area (TPSA) is 38.3 Å². The van der Waals surface area contributed by atoms with Crippen LogP contribution in [0.3, 0.4) is 0 Å². The standard InChI is InChI=1S/C29H27NO2/c1-32-29(31)30-28-26(18-23-13-7-3-8-14-23)20-25(17-22-11-5-2-6-12-22)21-27(28)19-24-15-9-4-10-16-24/h2-16,20-21H,17-19H2,1H3,(H,30,31). The van der Waals surface area contributed by atoms with E-state index in [-0.39, 0.29) is 0 Å². The van der Waals surface area contributed by atoms with Crippen molar-refractivity contribution in [3.8, 4) is 0 Å². The number of methoxy groups -OCH3 is 1. The summed E-state index contributed by atoms with van der Waals surface area (Å²) in [5.74, 6) is 0. The Labute approximate surface area is 189 Å². The Morgan fingerprint density at radius 3 is 1.44 bits per heavy atom. The van der Waals surface area contributed by atoms with Crippen molar-refractivity contribution in [2.24, 2.45) is 0 Å². The van der Waals surface area contributed by atoms with Crippen LogP contribution in [-0.4, -0.2) is 13.2 Å². The molecule has 0 fully saturated rings. The van der Waals surface area contributed by atoms with Crippen LogP contribution in [0.1, 0.15) is 33.4 Å². The fourth-order valence-corrected chi connectivity index (χ4v) is 4.00. The van der Waals surface area contributed by atoms with Gasteiger partial charge in [-0.05, 0) is 52.6 Å². The highest BCUT2D eigenvalue weighted by molar-refractivity contribution is 5.87. The van der Waals surface area contributed by atoms with Crippen LogP contribution in [-0.2, 0) is 24.0 Å². The first-order valence-corrected chi connectivity index (χ1v) is 10.8. The van der Waals surface area contributed by atoms with Crippen molar-refractivity contribution >= 4 is 11.8 Å². The highest BCUT2D eigenvalue weighted by Crippen LogP contribution is 2.29. The predicted octanol–water partition coefficient (Wildman–Crippen LogP) is 6.64. The zero-order valence-electron chi connectivity index (χ0n) is 18.3. The zero-order chi connectivity index (χ0) is 22.2. The molecule has 1 N–H and O–H groups in total. The summed E-state index contributed by atoms with van der Waals surface area (Å²) < 4.78 is 4.94. The second-order valence-corrected chi connectivity index (χ2v) is 7.89. The van der Waals surface area contributed by atoms with Crippen LogP contribution in [0.15, 0.2) is 103 Å². The van der Waals surface area contributed by atoms with Crippen LogP contribution in [0.25, 0.3) is 0 Å². The predicted molar refractivity (Wildman–Crippen MR) is 130 cm³/mol. The lowest BCUT2D eigenvalue weighted by Gasteiger charge is -2.18. The number of amides is 1. The Kier molecular flexibility index (Phi) is 6.98. The first-order chi connectivity index (χ1) is 15.7. The number of ether oxygens (including phenoxy) is 1. The molecule has 0 atom stereocenters. The van der Waals surface area contributed by atoms with Gasteiger partial charge in [-0.1, -0.05) is 103 Å².